The highest BCUT2D eigenvalue weighted by Crippen LogP contribution is 2.31. The largest absolute Gasteiger partial charge is 0.390 e. The number of nitrogens with one attached hydrogen (secondary N) is 3. The summed E-state index contributed by atoms with van der Waals surface area (Å²) in [6.45, 7) is 0. The van der Waals surface area contributed by atoms with Crippen LogP contribution < -0.4 is 15.5 Å². The van der Waals surface area contributed by atoms with Crippen molar-refractivity contribution < 1.29 is 28.3 Å². The summed E-state index contributed by atoms with van der Waals surface area (Å²) in [6, 6.07) is 13.3. The zero-order chi connectivity index (χ0) is 22.6. The van der Waals surface area contributed by atoms with Gasteiger partial charge in [0.15, 0.2) is 0 Å². The van der Waals surface area contributed by atoms with Crippen molar-refractivity contribution in [1.29, 1.82) is 0 Å². The number of aliphatic hydroxyl groups is 1. The third kappa shape index (κ3) is 6.03. The maximum atomic E-state index is 13.0. The first-order valence-corrected chi connectivity index (χ1v) is 11.6. The van der Waals surface area contributed by atoms with Gasteiger partial charge < -0.3 is 10.4 Å². The van der Waals surface area contributed by atoms with Crippen LogP contribution in [0.15, 0.2) is 48.5 Å². The highest BCUT2D eigenvalue weighted by atomic mass is 32.2. The van der Waals surface area contributed by atoms with Crippen LogP contribution in [0.3, 0.4) is 0 Å². The van der Waals surface area contributed by atoms with Crippen molar-refractivity contribution in [3.05, 3.63) is 65.2 Å². The summed E-state index contributed by atoms with van der Waals surface area (Å²) in [5.74, 6) is -1.94. The number of fused-ring (bicyclic) bond motifs is 1. The standard InChI is InChI=1S/C21H25N3O6S/c1-31(29,30)24-16-8-6-13(7-9-16)10-15(12-19(26)23-28)21(27)22-20-17-5-3-2-4-14(17)11-18(20)25/h2-9,15,18,20,24-25,28H,10-12H2,1H3,(H,22,27)(H,23,26)/t15-,18-,20+/m1/s1. The minimum Gasteiger partial charge on any atom is -0.390 e. The van der Waals surface area contributed by atoms with Crippen LogP contribution in [-0.2, 0) is 32.5 Å². The molecule has 0 saturated carbocycles. The van der Waals surface area contributed by atoms with E-state index in [4.69, 9.17) is 5.21 Å². The number of amides is 2. The Morgan fingerprint density at radius 2 is 1.81 bits per heavy atom. The Balaban J connectivity index is 1.74. The van der Waals surface area contributed by atoms with Gasteiger partial charge >= 0.3 is 0 Å². The number of hydrogen-bond acceptors (Lipinski definition) is 6. The molecule has 166 valence electrons. The van der Waals surface area contributed by atoms with E-state index in [-0.39, 0.29) is 12.8 Å². The van der Waals surface area contributed by atoms with Gasteiger partial charge in [0, 0.05) is 18.5 Å². The molecule has 1 aliphatic carbocycles. The molecule has 10 heteroatoms. The minimum absolute atomic E-state index is 0.183. The van der Waals surface area contributed by atoms with E-state index in [1.165, 1.54) is 0 Å². The van der Waals surface area contributed by atoms with Gasteiger partial charge in [0.05, 0.1) is 24.3 Å². The van der Waals surface area contributed by atoms with E-state index < -0.39 is 39.9 Å². The summed E-state index contributed by atoms with van der Waals surface area (Å²) in [5.41, 5.74) is 4.43. The normalized spacial score (nSPS) is 18.7. The zero-order valence-corrected chi connectivity index (χ0v) is 17.7. The third-order valence-corrected chi connectivity index (χ3v) is 5.77. The molecule has 5 N–H and O–H groups in total. The van der Waals surface area contributed by atoms with Crippen LogP contribution in [-0.4, -0.2) is 42.9 Å². The lowest BCUT2D eigenvalue weighted by molar-refractivity contribution is -0.135. The van der Waals surface area contributed by atoms with E-state index in [2.05, 4.69) is 10.0 Å². The number of benzene rings is 2. The molecule has 3 atom stereocenters. The molecule has 0 saturated heterocycles. The van der Waals surface area contributed by atoms with E-state index in [9.17, 15) is 23.1 Å². The van der Waals surface area contributed by atoms with Crippen LogP contribution >= 0.6 is 0 Å². The fourth-order valence-corrected chi connectivity index (χ4v) is 4.32. The molecule has 0 heterocycles. The molecule has 0 unspecified atom stereocenters. The second-order valence-corrected chi connectivity index (χ2v) is 9.42. The van der Waals surface area contributed by atoms with Crippen LogP contribution in [0.1, 0.15) is 29.2 Å². The van der Waals surface area contributed by atoms with E-state index in [1.54, 1.807) is 29.7 Å². The first-order chi connectivity index (χ1) is 14.7. The molecule has 2 amide bonds. The van der Waals surface area contributed by atoms with Crippen molar-refractivity contribution in [1.82, 2.24) is 10.8 Å². The highest BCUT2D eigenvalue weighted by Gasteiger charge is 2.34. The summed E-state index contributed by atoms with van der Waals surface area (Å²) in [6.07, 6.45) is 0.635. The molecule has 0 aliphatic heterocycles. The first kappa shape index (κ1) is 22.7. The number of carbonyl (C=O) groups excluding carboxylic acids is 2. The van der Waals surface area contributed by atoms with Crippen molar-refractivity contribution in [2.75, 3.05) is 11.0 Å². The number of rotatable bonds is 8. The predicted molar refractivity (Wildman–Crippen MR) is 114 cm³/mol. The van der Waals surface area contributed by atoms with Gasteiger partial charge in [0.1, 0.15) is 0 Å². The molecular weight excluding hydrogens is 422 g/mol. The lowest BCUT2D eigenvalue weighted by Crippen LogP contribution is -2.40. The molecule has 0 fully saturated rings. The molecule has 0 spiro atoms. The smallest absolute Gasteiger partial charge is 0.244 e. The zero-order valence-electron chi connectivity index (χ0n) is 16.9. The molecule has 2 aromatic carbocycles. The van der Waals surface area contributed by atoms with E-state index in [1.807, 2.05) is 24.3 Å². The van der Waals surface area contributed by atoms with Crippen molar-refractivity contribution in [2.45, 2.75) is 31.4 Å². The maximum absolute atomic E-state index is 13.0. The van der Waals surface area contributed by atoms with Crippen molar-refractivity contribution >= 4 is 27.5 Å². The predicted octanol–water partition coefficient (Wildman–Crippen LogP) is 0.887. The number of aliphatic hydroxyl groups excluding tert-OH is 1. The second kappa shape index (κ2) is 9.46. The van der Waals surface area contributed by atoms with Crippen LogP contribution in [0.5, 0.6) is 0 Å². The number of hydroxylamine groups is 1. The molecular formula is C21H25N3O6S. The average Bonchev–Trinajstić information content (AvgIpc) is 3.02. The molecule has 0 bridgehead atoms. The summed E-state index contributed by atoms with van der Waals surface area (Å²) >= 11 is 0. The summed E-state index contributed by atoms with van der Waals surface area (Å²) < 4.78 is 25.0. The topological polar surface area (TPSA) is 145 Å². The molecule has 31 heavy (non-hydrogen) atoms. The lowest BCUT2D eigenvalue weighted by atomic mass is 9.94. The average molecular weight is 448 g/mol. The van der Waals surface area contributed by atoms with Crippen molar-refractivity contribution in [3.8, 4) is 0 Å². The number of sulfonamides is 1. The fourth-order valence-electron chi connectivity index (χ4n) is 3.75. The van der Waals surface area contributed by atoms with Gasteiger partial charge in [0.25, 0.3) is 0 Å². The van der Waals surface area contributed by atoms with E-state index in [0.29, 0.717) is 17.7 Å². The summed E-state index contributed by atoms with van der Waals surface area (Å²) in [4.78, 5) is 24.7. The number of hydrogen-bond donors (Lipinski definition) is 5. The molecule has 0 aromatic heterocycles. The van der Waals surface area contributed by atoms with Crippen molar-refractivity contribution in [2.24, 2.45) is 5.92 Å². The van der Waals surface area contributed by atoms with Gasteiger partial charge in [0.2, 0.25) is 21.8 Å². The van der Waals surface area contributed by atoms with Gasteiger partial charge in [-0.3, -0.25) is 19.5 Å². The van der Waals surface area contributed by atoms with Gasteiger partial charge in [-0.15, -0.1) is 0 Å². The molecule has 0 radical (unpaired) electrons. The first-order valence-electron chi connectivity index (χ1n) is 9.72. The van der Waals surface area contributed by atoms with Crippen LogP contribution in [0.2, 0.25) is 0 Å². The second-order valence-electron chi connectivity index (χ2n) is 7.67. The van der Waals surface area contributed by atoms with Gasteiger partial charge in [-0.2, -0.15) is 0 Å². The van der Waals surface area contributed by atoms with E-state index in [0.717, 1.165) is 17.4 Å². The Hall–Kier alpha value is -2.95. The Kier molecular flexibility index (Phi) is 6.94. The number of carbonyl (C=O) groups is 2. The minimum atomic E-state index is -3.41. The van der Waals surface area contributed by atoms with Crippen molar-refractivity contribution in [3.63, 3.8) is 0 Å². The van der Waals surface area contributed by atoms with E-state index >= 15 is 0 Å². The third-order valence-electron chi connectivity index (χ3n) is 5.17. The molecule has 3 rings (SSSR count). The molecule has 2 aromatic rings. The van der Waals surface area contributed by atoms with Crippen LogP contribution in [0, 0.1) is 5.92 Å². The quantitative estimate of drug-likeness (QED) is 0.300. The summed E-state index contributed by atoms with van der Waals surface area (Å²) in [5, 5.41) is 22.1. The fraction of sp³-hybridized carbons (Fsp3) is 0.333. The van der Waals surface area contributed by atoms with Crippen LogP contribution in [0.4, 0.5) is 5.69 Å². The molecule has 9 nitrogen and oxygen atoms in total. The number of anilines is 1. The van der Waals surface area contributed by atoms with Crippen LogP contribution in [0.25, 0.3) is 0 Å². The Bertz CT molecular complexity index is 1060. The van der Waals surface area contributed by atoms with Gasteiger partial charge in [-0.05, 0) is 35.2 Å². The molecule has 1 aliphatic rings. The Morgan fingerprint density at radius 1 is 1.13 bits per heavy atom. The maximum Gasteiger partial charge on any atom is 0.244 e. The monoisotopic (exact) mass is 447 g/mol. The Labute approximate surface area is 180 Å². The SMILES string of the molecule is CS(=O)(=O)Nc1ccc(C[C@H](CC(=O)NO)C(=O)N[C@H]2c3ccccc3C[C@H]2O)cc1. The summed E-state index contributed by atoms with van der Waals surface area (Å²) in [7, 11) is -3.41. The van der Waals surface area contributed by atoms with Gasteiger partial charge in [-0.25, -0.2) is 13.9 Å². The lowest BCUT2D eigenvalue weighted by Gasteiger charge is -2.22. The highest BCUT2D eigenvalue weighted by molar-refractivity contribution is 7.92. The Morgan fingerprint density at radius 3 is 2.45 bits per heavy atom. The van der Waals surface area contributed by atoms with Gasteiger partial charge in [-0.1, -0.05) is 36.4 Å².